The number of nitro groups is 1. The summed E-state index contributed by atoms with van der Waals surface area (Å²) in [4.78, 5) is 15.1. The van der Waals surface area contributed by atoms with Crippen molar-refractivity contribution in [2.45, 2.75) is 13.8 Å². The second-order valence-electron chi connectivity index (χ2n) is 4.77. The van der Waals surface area contributed by atoms with Crippen LogP contribution in [0, 0.1) is 17.0 Å². The minimum atomic E-state index is -0.389. The maximum absolute atomic E-state index is 10.9. The van der Waals surface area contributed by atoms with E-state index in [1.54, 1.807) is 6.92 Å². The van der Waals surface area contributed by atoms with Gasteiger partial charge in [0.25, 0.3) is 5.69 Å². The van der Waals surface area contributed by atoms with Crippen molar-refractivity contribution < 1.29 is 4.92 Å². The summed E-state index contributed by atoms with van der Waals surface area (Å²) in [6.07, 6.45) is 0. The number of benzene rings is 1. The van der Waals surface area contributed by atoms with Gasteiger partial charge in [0.1, 0.15) is 0 Å². The Bertz CT molecular complexity index is 485. The summed E-state index contributed by atoms with van der Waals surface area (Å²) in [7, 11) is 0. The molecule has 0 aromatic heterocycles. The van der Waals surface area contributed by atoms with E-state index in [-0.39, 0.29) is 10.6 Å². The van der Waals surface area contributed by atoms with Crippen LogP contribution in [0.15, 0.2) is 12.1 Å². The molecule has 0 N–H and O–H groups in total. The molecule has 0 unspecified atom stereocenters. The van der Waals surface area contributed by atoms with Crippen LogP contribution in [0.5, 0.6) is 0 Å². The first-order valence-electron chi connectivity index (χ1n) is 6.44. The molecule has 2 rings (SSSR count). The Labute approximate surface area is 117 Å². The van der Waals surface area contributed by atoms with Gasteiger partial charge < -0.3 is 9.80 Å². The fourth-order valence-corrected chi connectivity index (χ4v) is 2.68. The minimum absolute atomic E-state index is 0.0842. The van der Waals surface area contributed by atoms with Gasteiger partial charge in [0.05, 0.1) is 15.6 Å². The highest BCUT2D eigenvalue weighted by Crippen LogP contribution is 2.33. The van der Waals surface area contributed by atoms with E-state index in [0.29, 0.717) is 10.6 Å². The first kappa shape index (κ1) is 14.1. The Morgan fingerprint density at radius 1 is 1.32 bits per heavy atom. The molecule has 1 aromatic carbocycles. The number of anilines is 1. The van der Waals surface area contributed by atoms with Crippen molar-refractivity contribution in [3.05, 3.63) is 32.8 Å². The number of hydrogen-bond donors (Lipinski definition) is 0. The van der Waals surface area contributed by atoms with Crippen molar-refractivity contribution in [3.63, 3.8) is 0 Å². The average Bonchev–Trinajstić information content (AvgIpc) is 2.41. The highest BCUT2D eigenvalue weighted by atomic mass is 35.5. The smallest absolute Gasteiger partial charge is 0.273 e. The quantitative estimate of drug-likeness (QED) is 0.632. The van der Waals surface area contributed by atoms with Crippen molar-refractivity contribution in [2.24, 2.45) is 0 Å². The molecule has 6 heteroatoms. The molecule has 1 heterocycles. The van der Waals surface area contributed by atoms with Gasteiger partial charge >= 0.3 is 0 Å². The van der Waals surface area contributed by atoms with Crippen molar-refractivity contribution >= 4 is 23.0 Å². The summed E-state index contributed by atoms with van der Waals surface area (Å²) in [6, 6.07) is 3.28. The third-order valence-corrected chi connectivity index (χ3v) is 3.93. The molecule has 1 saturated heterocycles. The van der Waals surface area contributed by atoms with E-state index in [2.05, 4.69) is 16.7 Å². The van der Waals surface area contributed by atoms with Crippen LogP contribution in [-0.2, 0) is 0 Å². The molecular weight excluding hydrogens is 266 g/mol. The average molecular weight is 284 g/mol. The molecule has 1 aliphatic heterocycles. The Morgan fingerprint density at radius 3 is 2.47 bits per heavy atom. The lowest BCUT2D eigenvalue weighted by atomic mass is 10.1. The number of hydrogen-bond acceptors (Lipinski definition) is 4. The first-order chi connectivity index (χ1) is 9.02. The highest BCUT2D eigenvalue weighted by Gasteiger charge is 2.21. The predicted molar refractivity (Wildman–Crippen MR) is 77.2 cm³/mol. The molecule has 0 aliphatic carbocycles. The molecule has 0 saturated carbocycles. The SMILES string of the molecule is CCN1CCN(c2cc(C)c([N+](=O)[O-])cc2Cl)CC1. The van der Waals surface area contributed by atoms with Gasteiger partial charge in [-0.25, -0.2) is 0 Å². The lowest BCUT2D eigenvalue weighted by molar-refractivity contribution is -0.385. The van der Waals surface area contributed by atoms with E-state index >= 15 is 0 Å². The standard InChI is InChI=1S/C13H18ClN3O2/c1-3-15-4-6-16(7-5-15)13-8-10(2)12(17(18)19)9-11(13)14/h8-9H,3-7H2,1-2H3. The molecule has 0 atom stereocenters. The summed E-state index contributed by atoms with van der Waals surface area (Å²) in [5.41, 5.74) is 1.64. The lowest BCUT2D eigenvalue weighted by Crippen LogP contribution is -2.46. The van der Waals surface area contributed by atoms with E-state index in [4.69, 9.17) is 11.6 Å². The second kappa shape index (κ2) is 5.75. The van der Waals surface area contributed by atoms with Crippen LogP contribution in [0.4, 0.5) is 11.4 Å². The predicted octanol–water partition coefficient (Wildman–Crippen LogP) is 2.70. The van der Waals surface area contributed by atoms with Gasteiger partial charge in [-0.2, -0.15) is 0 Å². The number of aryl methyl sites for hydroxylation is 1. The van der Waals surface area contributed by atoms with Gasteiger partial charge in [-0.15, -0.1) is 0 Å². The van der Waals surface area contributed by atoms with Crippen LogP contribution in [0.25, 0.3) is 0 Å². The monoisotopic (exact) mass is 283 g/mol. The maximum atomic E-state index is 10.9. The number of rotatable bonds is 3. The third kappa shape index (κ3) is 2.98. The van der Waals surface area contributed by atoms with Crippen LogP contribution in [0.3, 0.4) is 0 Å². The van der Waals surface area contributed by atoms with Crippen LogP contribution in [-0.4, -0.2) is 42.5 Å². The molecule has 19 heavy (non-hydrogen) atoms. The summed E-state index contributed by atoms with van der Waals surface area (Å²) in [6.45, 7) is 8.78. The van der Waals surface area contributed by atoms with Crippen molar-refractivity contribution in [1.29, 1.82) is 0 Å². The van der Waals surface area contributed by atoms with Crippen LogP contribution >= 0.6 is 11.6 Å². The minimum Gasteiger partial charge on any atom is -0.368 e. The number of likely N-dealkylation sites (N-methyl/N-ethyl adjacent to an activating group) is 1. The third-order valence-electron chi connectivity index (χ3n) is 3.62. The number of nitrogens with zero attached hydrogens (tertiary/aromatic N) is 3. The second-order valence-corrected chi connectivity index (χ2v) is 5.18. The largest absolute Gasteiger partial charge is 0.368 e. The van der Waals surface area contributed by atoms with Gasteiger partial charge in [-0.05, 0) is 19.5 Å². The zero-order valence-corrected chi connectivity index (χ0v) is 12.0. The molecule has 1 fully saturated rings. The van der Waals surface area contributed by atoms with E-state index in [9.17, 15) is 10.1 Å². The van der Waals surface area contributed by atoms with Gasteiger partial charge in [0, 0.05) is 37.8 Å². The van der Waals surface area contributed by atoms with E-state index in [1.807, 2.05) is 6.07 Å². The normalized spacial score (nSPS) is 16.7. The fraction of sp³-hybridized carbons (Fsp3) is 0.538. The van der Waals surface area contributed by atoms with Crippen molar-refractivity contribution in [1.82, 2.24) is 4.90 Å². The van der Waals surface area contributed by atoms with E-state index < -0.39 is 0 Å². The number of piperazine rings is 1. The molecule has 1 aromatic rings. The van der Waals surface area contributed by atoms with Crippen molar-refractivity contribution in [2.75, 3.05) is 37.6 Å². The Hall–Kier alpha value is -1.33. The molecule has 5 nitrogen and oxygen atoms in total. The lowest BCUT2D eigenvalue weighted by Gasteiger charge is -2.36. The Balaban J connectivity index is 2.22. The number of nitro benzene ring substituents is 1. The summed E-state index contributed by atoms with van der Waals surface area (Å²) < 4.78 is 0. The topological polar surface area (TPSA) is 49.6 Å². The van der Waals surface area contributed by atoms with Gasteiger partial charge in [-0.1, -0.05) is 18.5 Å². The van der Waals surface area contributed by atoms with Gasteiger partial charge in [0.15, 0.2) is 0 Å². The first-order valence-corrected chi connectivity index (χ1v) is 6.82. The highest BCUT2D eigenvalue weighted by molar-refractivity contribution is 6.33. The molecule has 0 spiro atoms. The van der Waals surface area contributed by atoms with Crippen molar-refractivity contribution in [3.8, 4) is 0 Å². The van der Waals surface area contributed by atoms with Crippen LogP contribution in [0.1, 0.15) is 12.5 Å². The molecule has 0 radical (unpaired) electrons. The molecular formula is C13H18ClN3O2. The van der Waals surface area contributed by atoms with E-state index in [0.717, 1.165) is 38.4 Å². The molecule has 1 aliphatic rings. The van der Waals surface area contributed by atoms with Crippen LogP contribution < -0.4 is 4.90 Å². The summed E-state index contributed by atoms with van der Waals surface area (Å²) in [5.74, 6) is 0. The Kier molecular flexibility index (Phi) is 4.27. The molecule has 104 valence electrons. The van der Waals surface area contributed by atoms with Gasteiger partial charge in [0.2, 0.25) is 0 Å². The van der Waals surface area contributed by atoms with E-state index in [1.165, 1.54) is 6.07 Å². The number of halogens is 1. The van der Waals surface area contributed by atoms with Gasteiger partial charge in [-0.3, -0.25) is 10.1 Å². The zero-order valence-electron chi connectivity index (χ0n) is 11.2. The van der Waals surface area contributed by atoms with Crippen LogP contribution in [0.2, 0.25) is 5.02 Å². The molecule has 0 bridgehead atoms. The molecule has 0 amide bonds. The Morgan fingerprint density at radius 2 is 1.95 bits per heavy atom. The zero-order chi connectivity index (χ0) is 14.0. The summed E-state index contributed by atoms with van der Waals surface area (Å²) >= 11 is 6.19. The maximum Gasteiger partial charge on any atom is 0.273 e. The fourth-order valence-electron chi connectivity index (χ4n) is 2.40. The summed E-state index contributed by atoms with van der Waals surface area (Å²) in [5, 5.41) is 11.3.